The molecule has 1 N–H and O–H groups in total. The molecule has 0 aliphatic carbocycles. The highest BCUT2D eigenvalue weighted by atomic mass is 32.2. The van der Waals surface area contributed by atoms with E-state index in [1.807, 2.05) is 32.0 Å². The molecule has 40 heavy (non-hydrogen) atoms. The van der Waals surface area contributed by atoms with Crippen LogP contribution in [0.3, 0.4) is 0 Å². The molecule has 0 radical (unpaired) electrons. The third kappa shape index (κ3) is 6.65. The minimum absolute atomic E-state index is 0.0404. The fourth-order valence-corrected chi connectivity index (χ4v) is 5.18. The van der Waals surface area contributed by atoms with E-state index >= 15 is 0 Å². The smallest absolute Gasteiger partial charge is 0.416 e. The quantitative estimate of drug-likeness (QED) is 0.224. The van der Waals surface area contributed by atoms with Crippen molar-refractivity contribution in [2.75, 3.05) is 23.4 Å². The number of aryl methyl sites for hydroxylation is 1. The summed E-state index contributed by atoms with van der Waals surface area (Å²) in [6.07, 6.45) is -2.97. The number of thioether (sulfide) groups is 1. The molecule has 2 amide bonds. The van der Waals surface area contributed by atoms with E-state index in [1.165, 1.54) is 12.1 Å². The van der Waals surface area contributed by atoms with Crippen LogP contribution in [0.2, 0.25) is 0 Å². The van der Waals surface area contributed by atoms with Crippen LogP contribution < -0.4 is 19.7 Å². The first kappa shape index (κ1) is 29.2. The molecule has 3 aromatic carbocycles. The largest absolute Gasteiger partial charge is 0.490 e. The molecule has 0 saturated carbocycles. The molecular formula is C29H25F3N2O4S2. The van der Waals surface area contributed by atoms with Gasteiger partial charge in [-0.3, -0.25) is 14.5 Å². The molecule has 0 atom stereocenters. The number of alkyl halides is 3. The topological polar surface area (TPSA) is 67.9 Å². The van der Waals surface area contributed by atoms with Crippen LogP contribution in [0.5, 0.6) is 11.5 Å². The van der Waals surface area contributed by atoms with Gasteiger partial charge in [0.1, 0.15) is 0 Å². The molecule has 1 saturated heterocycles. The van der Waals surface area contributed by atoms with Crippen LogP contribution in [-0.4, -0.2) is 29.3 Å². The van der Waals surface area contributed by atoms with Gasteiger partial charge in [0.05, 0.1) is 22.8 Å². The average molecular weight is 587 g/mol. The monoisotopic (exact) mass is 586 g/mol. The maximum atomic E-state index is 13.2. The molecule has 0 spiro atoms. The Morgan fingerprint density at radius 1 is 1.05 bits per heavy atom. The molecular weight excluding hydrogens is 561 g/mol. The van der Waals surface area contributed by atoms with E-state index < -0.39 is 17.6 Å². The number of ether oxygens (including phenoxy) is 2. The van der Waals surface area contributed by atoms with Crippen LogP contribution in [0, 0.1) is 13.8 Å². The second-order valence-electron chi connectivity index (χ2n) is 8.79. The Morgan fingerprint density at radius 3 is 2.52 bits per heavy atom. The van der Waals surface area contributed by atoms with Crippen molar-refractivity contribution in [2.45, 2.75) is 26.9 Å². The van der Waals surface area contributed by atoms with Crippen molar-refractivity contribution in [3.8, 4) is 11.5 Å². The molecule has 1 fully saturated rings. The molecule has 0 bridgehead atoms. The zero-order chi connectivity index (χ0) is 29.0. The summed E-state index contributed by atoms with van der Waals surface area (Å²) in [6, 6.07) is 15.0. The lowest BCUT2D eigenvalue weighted by Gasteiger charge is -2.16. The molecule has 11 heteroatoms. The van der Waals surface area contributed by atoms with Gasteiger partial charge < -0.3 is 14.8 Å². The molecule has 0 aromatic heterocycles. The first-order chi connectivity index (χ1) is 19.0. The van der Waals surface area contributed by atoms with E-state index in [0.717, 1.165) is 39.9 Å². The third-order valence-corrected chi connectivity index (χ3v) is 7.33. The summed E-state index contributed by atoms with van der Waals surface area (Å²) in [5.74, 6) is -0.162. The number of benzene rings is 3. The van der Waals surface area contributed by atoms with Crippen LogP contribution in [0.25, 0.3) is 6.08 Å². The lowest BCUT2D eigenvalue weighted by atomic mass is 10.1. The number of hydrogen-bond acceptors (Lipinski definition) is 6. The fourth-order valence-electron chi connectivity index (χ4n) is 3.88. The van der Waals surface area contributed by atoms with Crippen LogP contribution >= 0.6 is 24.0 Å². The number of carbonyl (C=O) groups excluding carboxylic acids is 2. The summed E-state index contributed by atoms with van der Waals surface area (Å²) in [5, 5.41) is 2.84. The van der Waals surface area contributed by atoms with Gasteiger partial charge in [-0.2, -0.15) is 13.2 Å². The Balaban J connectivity index is 1.50. The van der Waals surface area contributed by atoms with Crippen molar-refractivity contribution in [1.29, 1.82) is 0 Å². The zero-order valence-electron chi connectivity index (χ0n) is 21.8. The van der Waals surface area contributed by atoms with Crippen molar-refractivity contribution in [3.05, 3.63) is 87.8 Å². The van der Waals surface area contributed by atoms with Crippen molar-refractivity contribution in [3.63, 3.8) is 0 Å². The molecule has 1 aliphatic rings. The summed E-state index contributed by atoms with van der Waals surface area (Å²) in [5.41, 5.74) is 2.48. The predicted octanol–water partition coefficient (Wildman–Crippen LogP) is 7.14. The predicted molar refractivity (Wildman–Crippen MR) is 155 cm³/mol. The van der Waals surface area contributed by atoms with Crippen LogP contribution in [0.15, 0.2) is 65.6 Å². The Bertz CT molecular complexity index is 1500. The van der Waals surface area contributed by atoms with Crippen LogP contribution in [0.4, 0.5) is 24.5 Å². The number of halogens is 3. The summed E-state index contributed by atoms with van der Waals surface area (Å²) in [7, 11) is 0. The average Bonchev–Trinajstić information content (AvgIpc) is 3.18. The Kier molecular flexibility index (Phi) is 8.85. The number of nitrogens with one attached hydrogen (secondary N) is 1. The normalized spacial score (nSPS) is 14.6. The maximum absolute atomic E-state index is 13.2. The molecule has 6 nitrogen and oxygen atoms in total. The number of anilines is 2. The Hall–Kier alpha value is -3.83. The number of rotatable bonds is 8. The summed E-state index contributed by atoms with van der Waals surface area (Å²) < 4.78 is 51.1. The van der Waals surface area contributed by atoms with Crippen LogP contribution in [0.1, 0.15) is 29.2 Å². The van der Waals surface area contributed by atoms with Gasteiger partial charge in [0.25, 0.3) is 11.8 Å². The molecule has 0 unspecified atom stereocenters. The van der Waals surface area contributed by atoms with Crippen molar-refractivity contribution < 1.29 is 32.2 Å². The minimum atomic E-state index is -4.55. The number of nitrogens with zero attached hydrogens (tertiary/aromatic N) is 1. The Labute approximate surface area is 239 Å². The summed E-state index contributed by atoms with van der Waals surface area (Å²) >= 11 is 6.29. The van der Waals surface area contributed by atoms with E-state index in [9.17, 15) is 22.8 Å². The highest BCUT2D eigenvalue weighted by molar-refractivity contribution is 8.27. The number of amides is 2. The van der Waals surface area contributed by atoms with Gasteiger partial charge in [0, 0.05) is 5.69 Å². The maximum Gasteiger partial charge on any atom is 0.416 e. The molecule has 1 aliphatic heterocycles. The standard InChI is InChI=1S/C29H25F3N2O4S2/c1-4-37-24-13-19(11-12-23(24)38-16-26(35)33-22-10-5-7-17(2)18(22)3)14-25-27(36)34(28(39)40-25)21-9-6-8-20(15-21)29(30,31)32/h5-15H,4,16H2,1-3H3,(H,33,35)/b25-14-. The third-order valence-electron chi connectivity index (χ3n) is 6.03. The van der Waals surface area contributed by atoms with Crippen LogP contribution in [-0.2, 0) is 15.8 Å². The highest BCUT2D eigenvalue weighted by Crippen LogP contribution is 2.39. The number of hydrogen-bond donors (Lipinski definition) is 1. The van der Waals surface area contributed by atoms with Gasteiger partial charge in [0.15, 0.2) is 22.4 Å². The van der Waals surface area contributed by atoms with Gasteiger partial charge >= 0.3 is 6.18 Å². The number of thiocarbonyl (C=S) groups is 1. The van der Waals surface area contributed by atoms with E-state index in [-0.39, 0.29) is 27.4 Å². The van der Waals surface area contributed by atoms with Gasteiger partial charge in [-0.15, -0.1) is 0 Å². The van der Waals surface area contributed by atoms with Gasteiger partial charge in [-0.25, -0.2) is 0 Å². The van der Waals surface area contributed by atoms with Gasteiger partial charge in [-0.05, 0) is 79.9 Å². The fraction of sp³-hybridized carbons (Fsp3) is 0.207. The van der Waals surface area contributed by atoms with Gasteiger partial charge in [-0.1, -0.05) is 48.2 Å². The first-order valence-electron chi connectivity index (χ1n) is 12.2. The number of carbonyl (C=O) groups is 2. The second kappa shape index (κ2) is 12.1. The molecule has 3 aromatic rings. The molecule has 4 rings (SSSR count). The lowest BCUT2D eigenvalue weighted by molar-refractivity contribution is -0.137. The van der Waals surface area contributed by atoms with E-state index in [0.29, 0.717) is 29.4 Å². The first-order valence-corrected chi connectivity index (χ1v) is 13.4. The van der Waals surface area contributed by atoms with E-state index in [4.69, 9.17) is 21.7 Å². The summed E-state index contributed by atoms with van der Waals surface area (Å²) in [6.45, 7) is 5.75. The minimum Gasteiger partial charge on any atom is -0.490 e. The highest BCUT2D eigenvalue weighted by Gasteiger charge is 2.36. The zero-order valence-corrected chi connectivity index (χ0v) is 23.4. The van der Waals surface area contributed by atoms with Crippen molar-refractivity contribution >= 4 is 57.6 Å². The van der Waals surface area contributed by atoms with Gasteiger partial charge in [0.2, 0.25) is 0 Å². The SMILES string of the molecule is CCOc1cc(/C=C2\SC(=S)N(c3cccc(C(F)(F)F)c3)C2=O)ccc1OCC(=O)Nc1cccc(C)c1C. The summed E-state index contributed by atoms with van der Waals surface area (Å²) in [4.78, 5) is 26.9. The second-order valence-corrected chi connectivity index (χ2v) is 10.5. The molecule has 208 valence electrons. The lowest BCUT2D eigenvalue weighted by Crippen LogP contribution is -2.27. The van der Waals surface area contributed by atoms with Crippen molar-refractivity contribution in [2.24, 2.45) is 0 Å². The van der Waals surface area contributed by atoms with E-state index in [1.54, 1.807) is 31.2 Å². The molecule has 1 heterocycles. The van der Waals surface area contributed by atoms with E-state index in [2.05, 4.69) is 5.32 Å². The van der Waals surface area contributed by atoms with Crippen molar-refractivity contribution in [1.82, 2.24) is 0 Å². The Morgan fingerprint density at radius 2 is 1.80 bits per heavy atom.